The van der Waals surface area contributed by atoms with Crippen LogP contribution in [0.4, 0.5) is 11.6 Å². The zero-order chi connectivity index (χ0) is 41.0. The summed E-state index contributed by atoms with van der Waals surface area (Å²) in [5.41, 5.74) is 19.3. The maximum absolute atomic E-state index is 5.08. The Hall–Kier alpha value is -7.82. The van der Waals surface area contributed by atoms with Crippen molar-refractivity contribution in [3.63, 3.8) is 0 Å². The van der Waals surface area contributed by atoms with Crippen LogP contribution in [-0.2, 0) is 6.42 Å². The number of hydrogen-bond donors (Lipinski definition) is 0. The Balaban J connectivity index is 0.877. The molecule has 4 nitrogen and oxygen atoms in total. The third kappa shape index (κ3) is 6.14. The predicted molar refractivity (Wildman–Crippen MR) is 257 cm³/mol. The summed E-state index contributed by atoms with van der Waals surface area (Å²) in [6, 6.07) is 61.6. The molecule has 0 bridgehead atoms. The van der Waals surface area contributed by atoms with Crippen molar-refractivity contribution in [2.24, 2.45) is 0 Å². The Labute approximate surface area is 362 Å². The summed E-state index contributed by atoms with van der Waals surface area (Å²) >= 11 is 0. The molecule has 0 saturated heterocycles. The molecule has 2 unspecified atom stereocenters. The van der Waals surface area contributed by atoms with Gasteiger partial charge in [-0.3, -0.25) is 0 Å². The number of hydrogen-bond acceptors (Lipinski definition) is 3. The third-order valence-electron chi connectivity index (χ3n) is 12.9. The molecule has 0 amide bonds. The van der Waals surface area contributed by atoms with Crippen LogP contribution >= 0.6 is 0 Å². The fourth-order valence-electron chi connectivity index (χ4n) is 9.92. The van der Waals surface area contributed by atoms with Crippen molar-refractivity contribution in [3.05, 3.63) is 229 Å². The van der Waals surface area contributed by atoms with Crippen LogP contribution in [0, 0.1) is 0 Å². The minimum Gasteiger partial charge on any atom is -0.313 e. The Morgan fingerprint density at radius 1 is 0.500 bits per heavy atom. The van der Waals surface area contributed by atoms with Crippen molar-refractivity contribution in [2.45, 2.75) is 24.8 Å². The molecule has 0 N–H and O–H groups in total. The van der Waals surface area contributed by atoms with Gasteiger partial charge in [0.05, 0.1) is 11.6 Å². The van der Waals surface area contributed by atoms with Crippen LogP contribution in [0.5, 0.6) is 0 Å². The lowest BCUT2D eigenvalue weighted by atomic mass is 9.89. The molecule has 3 heterocycles. The van der Waals surface area contributed by atoms with E-state index in [9.17, 15) is 0 Å². The molecule has 2 atom stereocenters. The molecule has 2 aliphatic carbocycles. The number of aromatic nitrogens is 3. The highest BCUT2D eigenvalue weighted by molar-refractivity contribution is 5.96. The highest BCUT2D eigenvalue weighted by Gasteiger charge is 2.39. The zero-order valence-electron chi connectivity index (χ0n) is 34.1. The van der Waals surface area contributed by atoms with Gasteiger partial charge in [0.15, 0.2) is 0 Å². The van der Waals surface area contributed by atoms with E-state index in [1.807, 2.05) is 12.4 Å². The van der Waals surface area contributed by atoms with Crippen LogP contribution in [-0.4, -0.2) is 20.6 Å². The number of nitrogens with zero attached hydrogens (tertiary/aromatic N) is 4. The Kier molecular flexibility index (Phi) is 8.74. The van der Waals surface area contributed by atoms with Crippen LogP contribution < -0.4 is 4.90 Å². The van der Waals surface area contributed by atoms with E-state index in [1.165, 1.54) is 77.9 Å². The second-order valence-corrected chi connectivity index (χ2v) is 16.5. The Bertz CT molecular complexity index is 3210. The fourth-order valence-corrected chi connectivity index (χ4v) is 9.92. The van der Waals surface area contributed by atoms with Crippen molar-refractivity contribution in [1.82, 2.24) is 14.5 Å². The van der Waals surface area contributed by atoms with Crippen LogP contribution in [0.2, 0.25) is 0 Å². The SMILES string of the molecule is C1=CC2c3cc(-c4ccc5c(c4)c4c(n5-c5ccccc5)CCC=C4)ccc3N(c3ncc(-c4ccc(-c5ccc(-c6ccccc6)cc5)c(-c5ccccc5)c4)cn3)C2C=C1. The van der Waals surface area contributed by atoms with E-state index in [2.05, 4.69) is 216 Å². The van der Waals surface area contributed by atoms with Gasteiger partial charge in [-0.1, -0.05) is 164 Å². The van der Waals surface area contributed by atoms with E-state index in [-0.39, 0.29) is 12.0 Å². The van der Waals surface area contributed by atoms with E-state index in [0.717, 1.165) is 29.7 Å². The number of allylic oxidation sites excluding steroid dienone is 3. The topological polar surface area (TPSA) is 34.0 Å². The molecular formula is C58H42N4. The van der Waals surface area contributed by atoms with Crippen molar-refractivity contribution in [2.75, 3.05) is 4.90 Å². The van der Waals surface area contributed by atoms with Gasteiger partial charge >= 0.3 is 0 Å². The molecule has 62 heavy (non-hydrogen) atoms. The van der Waals surface area contributed by atoms with Gasteiger partial charge in [-0.05, 0) is 111 Å². The Morgan fingerprint density at radius 3 is 1.90 bits per heavy atom. The minimum absolute atomic E-state index is 0.0906. The van der Waals surface area contributed by atoms with E-state index in [0.29, 0.717) is 5.95 Å². The summed E-state index contributed by atoms with van der Waals surface area (Å²) in [5.74, 6) is 0.898. The molecule has 1 aliphatic heterocycles. The van der Waals surface area contributed by atoms with Gasteiger partial charge in [0, 0.05) is 51.9 Å². The lowest BCUT2D eigenvalue weighted by molar-refractivity contribution is 0.730. The van der Waals surface area contributed by atoms with Crippen molar-refractivity contribution in [1.29, 1.82) is 0 Å². The first-order valence-electron chi connectivity index (χ1n) is 21.6. The molecular weight excluding hydrogens is 753 g/mol. The first-order valence-corrected chi connectivity index (χ1v) is 21.6. The molecule has 0 fully saturated rings. The van der Waals surface area contributed by atoms with E-state index in [4.69, 9.17) is 9.97 Å². The van der Waals surface area contributed by atoms with Gasteiger partial charge in [-0.25, -0.2) is 9.97 Å². The van der Waals surface area contributed by atoms with Crippen LogP contribution in [0.1, 0.15) is 29.2 Å². The maximum atomic E-state index is 5.08. The van der Waals surface area contributed by atoms with Gasteiger partial charge in [-0.15, -0.1) is 0 Å². The van der Waals surface area contributed by atoms with Crippen molar-refractivity contribution >= 4 is 28.6 Å². The number of fused-ring (bicyclic) bond motifs is 6. The Morgan fingerprint density at radius 2 is 1.11 bits per heavy atom. The number of benzene rings is 7. The summed E-state index contributed by atoms with van der Waals surface area (Å²) in [4.78, 5) is 12.5. The molecule has 12 rings (SSSR count). The highest BCUT2D eigenvalue weighted by Crippen LogP contribution is 2.48. The molecule has 9 aromatic rings. The molecule has 4 heteroatoms. The number of anilines is 2. The van der Waals surface area contributed by atoms with Crippen LogP contribution in [0.3, 0.4) is 0 Å². The normalized spacial score (nSPS) is 16.0. The van der Waals surface area contributed by atoms with Crippen molar-refractivity contribution < 1.29 is 0 Å². The predicted octanol–water partition coefficient (Wildman–Crippen LogP) is 14.4. The summed E-state index contributed by atoms with van der Waals surface area (Å²) in [6.07, 6.45) is 19.6. The summed E-state index contributed by atoms with van der Waals surface area (Å²) in [7, 11) is 0. The van der Waals surface area contributed by atoms with E-state index in [1.54, 1.807) is 0 Å². The molecule has 0 spiro atoms. The van der Waals surface area contributed by atoms with Gasteiger partial charge in [0.2, 0.25) is 5.95 Å². The average Bonchev–Trinajstić information content (AvgIpc) is 3.87. The number of para-hydroxylation sites is 1. The maximum Gasteiger partial charge on any atom is 0.230 e. The van der Waals surface area contributed by atoms with Gasteiger partial charge in [0.25, 0.3) is 0 Å². The van der Waals surface area contributed by atoms with Gasteiger partial charge in [-0.2, -0.15) is 0 Å². The first-order chi connectivity index (χ1) is 30.7. The first kappa shape index (κ1) is 36.1. The molecule has 7 aromatic carbocycles. The fraction of sp³-hybridized carbons (Fsp3) is 0.0690. The summed E-state index contributed by atoms with van der Waals surface area (Å²) < 4.78 is 2.46. The van der Waals surface area contributed by atoms with E-state index >= 15 is 0 Å². The average molecular weight is 795 g/mol. The smallest absolute Gasteiger partial charge is 0.230 e. The highest BCUT2D eigenvalue weighted by atomic mass is 15.3. The van der Waals surface area contributed by atoms with Gasteiger partial charge < -0.3 is 9.47 Å². The number of rotatable bonds is 7. The minimum atomic E-state index is 0.0906. The molecule has 3 aliphatic rings. The standard InChI is InChI=1S/C58H42N4/c1-4-14-39(15-5-1)40-24-26-42(27-25-40)48-31-28-45(34-51(48)41-16-6-2-7-17-41)46-37-59-58(60-38-46)62-55-23-13-11-21-50(55)53-36-44(30-33-57(53)62)43-29-32-56-52(35-43)49-20-10-12-22-54(49)61(56)47-18-8-3-9-19-47/h1-11,13-21,23-38,50,55H,12,22H2. The summed E-state index contributed by atoms with van der Waals surface area (Å²) in [5, 5.41) is 1.30. The van der Waals surface area contributed by atoms with Crippen LogP contribution in [0.15, 0.2) is 213 Å². The molecule has 0 radical (unpaired) electrons. The third-order valence-corrected chi connectivity index (χ3v) is 12.9. The lowest BCUT2D eigenvalue weighted by Gasteiger charge is -2.26. The second-order valence-electron chi connectivity index (χ2n) is 16.5. The van der Waals surface area contributed by atoms with Gasteiger partial charge in [0.1, 0.15) is 0 Å². The summed E-state index contributed by atoms with van der Waals surface area (Å²) in [6.45, 7) is 0. The quantitative estimate of drug-likeness (QED) is 0.161. The largest absolute Gasteiger partial charge is 0.313 e. The monoisotopic (exact) mass is 794 g/mol. The lowest BCUT2D eigenvalue weighted by Crippen LogP contribution is -2.29. The van der Waals surface area contributed by atoms with E-state index < -0.39 is 0 Å². The second kappa shape index (κ2) is 15.0. The molecule has 294 valence electrons. The molecule has 2 aromatic heterocycles. The molecule has 0 saturated carbocycles. The van der Waals surface area contributed by atoms with Crippen LogP contribution in [0.25, 0.3) is 78.3 Å². The van der Waals surface area contributed by atoms with Crippen molar-refractivity contribution in [3.8, 4) is 61.3 Å². The zero-order valence-corrected chi connectivity index (χ0v) is 34.1.